The smallest absolute Gasteiger partial charge is 0.242 e. The van der Waals surface area contributed by atoms with Gasteiger partial charge in [0.15, 0.2) is 0 Å². The Morgan fingerprint density at radius 2 is 1.65 bits per heavy atom. The normalized spacial score (nSPS) is 20.2. The second kappa shape index (κ2) is 10.9. The molecule has 2 fully saturated rings. The number of aromatic nitrogens is 3. The van der Waals surface area contributed by atoms with Crippen LogP contribution >= 0.6 is 0 Å². The van der Waals surface area contributed by atoms with Crippen LogP contribution in [0, 0.1) is 0 Å². The molecule has 0 aliphatic carbocycles. The topological polar surface area (TPSA) is 95.1 Å². The zero-order valence-electron chi connectivity index (χ0n) is 18.1. The molecule has 3 heterocycles. The monoisotopic (exact) mass is 423 g/mol. The fourth-order valence-corrected chi connectivity index (χ4v) is 4.11. The van der Waals surface area contributed by atoms with E-state index in [2.05, 4.69) is 38.0 Å². The molecule has 2 aliphatic rings. The number of carbonyl (C=O) groups excluding carboxylic acids is 1. The molecule has 8 nitrogen and oxygen atoms in total. The molecule has 4 rings (SSSR count). The molecule has 3 N–H and O–H groups in total. The average Bonchev–Trinajstić information content (AvgIpc) is 2.97. The number of hydrogen-bond donors (Lipinski definition) is 3. The molecule has 166 valence electrons. The molecule has 0 saturated carbocycles. The number of anilines is 3. The van der Waals surface area contributed by atoms with Gasteiger partial charge in [-0.15, -0.1) is 0 Å². The van der Waals surface area contributed by atoms with Crippen molar-refractivity contribution in [3.05, 3.63) is 35.9 Å². The van der Waals surface area contributed by atoms with Crippen molar-refractivity contribution in [2.45, 2.75) is 64.0 Å². The van der Waals surface area contributed by atoms with Gasteiger partial charge in [-0.05, 0) is 37.7 Å². The third-order valence-corrected chi connectivity index (χ3v) is 5.89. The van der Waals surface area contributed by atoms with Crippen LogP contribution in [0.4, 0.5) is 17.8 Å². The van der Waals surface area contributed by atoms with Gasteiger partial charge in [0, 0.05) is 26.2 Å². The van der Waals surface area contributed by atoms with Crippen molar-refractivity contribution in [3.8, 4) is 0 Å². The van der Waals surface area contributed by atoms with Crippen LogP contribution in [0.25, 0.3) is 0 Å². The molecular formula is C23H33N7O. The Bertz CT molecular complexity index is 837. The number of nitrogens with one attached hydrogen (secondary N) is 3. The Labute approximate surface area is 184 Å². The predicted octanol–water partition coefficient (Wildman–Crippen LogP) is 3.33. The minimum Gasteiger partial charge on any atom is -0.354 e. The number of benzene rings is 1. The summed E-state index contributed by atoms with van der Waals surface area (Å²) in [6, 6.07) is 9.88. The van der Waals surface area contributed by atoms with Crippen LogP contribution in [0.2, 0.25) is 0 Å². The van der Waals surface area contributed by atoms with Crippen LogP contribution in [0.15, 0.2) is 30.3 Å². The van der Waals surface area contributed by atoms with E-state index in [4.69, 9.17) is 9.97 Å². The lowest BCUT2D eigenvalue weighted by Crippen LogP contribution is -2.38. The van der Waals surface area contributed by atoms with E-state index in [9.17, 15) is 4.79 Å². The highest BCUT2D eigenvalue weighted by Crippen LogP contribution is 2.20. The lowest BCUT2D eigenvalue weighted by molar-refractivity contribution is -0.121. The van der Waals surface area contributed by atoms with E-state index < -0.39 is 0 Å². The molecule has 8 heteroatoms. The van der Waals surface area contributed by atoms with E-state index in [-0.39, 0.29) is 11.9 Å². The standard InChI is InChI=1S/C23H33N7O/c31-20-19(13-7-8-14-24-20)26-22-27-21(25-17-18-11-5-4-6-12-18)28-23(29-22)30-15-9-2-1-3-10-16-30/h4-6,11-12,19H,1-3,7-10,13-17H2,(H,24,31)(H2,25,26,27,28,29). The number of amides is 1. The van der Waals surface area contributed by atoms with Crippen molar-refractivity contribution in [1.82, 2.24) is 20.3 Å². The number of hydrogen-bond acceptors (Lipinski definition) is 7. The van der Waals surface area contributed by atoms with Crippen molar-refractivity contribution < 1.29 is 4.79 Å². The Morgan fingerprint density at radius 1 is 0.903 bits per heavy atom. The van der Waals surface area contributed by atoms with Gasteiger partial charge in [0.2, 0.25) is 23.8 Å². The van der Waals surface area contributed by atoms with E-state index in [1.807, 2.05) is 18.2 Å². The zero-order chi connectivity index (χ0) is 21.3. The minimum atomic E-state index is -0.313. The van der Waals surface area contributed by atoms with E-state index in [1.165, 1.54) is 19.3 Å². The number of rotatable bonds is 6. The first-order valence-electron chi connectivity index (χ1n) is 11.6. The summed E-state index contributed by atoms with van der Waals surface area (Å²) in [5, 5.41) is 9.59. The summed E-state index contributed by atoms with van der Waals surface area (Å²) >= 11 is 0. The van der Waals surface area contributed by atoms with Crippen LogP contribution in [-0.2, 0) is 11.3 Å². The highest BCUT2D eigenvalue weighted by Gasteiger charge is 2.23. The van der Waals surface area contributed by atoms with Gasteiger partial charge in [0.05, 0.1) is 0 Å². The van der Waals surface area contributed by atoms with E-state index in [0.29, 0.717) is 24.4 Å². The summed E-state index contributed by atoms with van der Waals surface area (Å²) in [6.07, 6.45) is 8.87. The lowest BCUT2D eigenvalue weighted by atomic mass is 10.1. The first-order valence-corrected chi connectivity index (χ1v) is 11.6. The molecule has 2 aliphatic heterocycles. The molecule has 1 aromatic carbocycles. The fourth-order valence-electron chi connectivity index (χ4n) is 4.11. The molecule has 1 atom stereocenters. The van der Waals surface area contributed by atoms with E-state index in [0.717, 1.165) is 57.3 Å². The van der Waals surface area contributed by atoms with Gasteiger partial charge in [-0.25, -0.2) is 0 Å². The molecule has 2 aromatic rings. The highest BCUT2D eigenvalue weighted by atomic mass is 16.2. The van der Waals surface area contributed by atoms with Crippen molar-refractivity contribution >= 4 is 23.8 Å². The van der Waals surface area contributed by atoms with Gasteiger partial charge in [-0.2, -0.15) is 15.0 Å². The Balaban J connectivity index is 1.55. The largest absolute Gasteiger partial charge is 0.354 e. The van der Waals surface area contributed by atoms with Crippen LogP contribution in [-0.4, -0.2) is 46.5 Å². The predicted molar refractivity (Wildman–Crippen MR) is 123 cm³/mol. The van der Waals surface area contributed by atoms with Crippen LogP contribution in [0.3, 0.4) is 0 Å². The summed E-state index contributed by atoms with van der Waals surface area (Å²) in [6.45, 7) is 3.27. The number of nitrogens with zero attached hydrogens (tertiary/aromatic N) is 4. The van der Waals surface area contributed by atoms with Gasteiger partial charge >= 0.3 is 0 Å². The lowest BCUT2D eigenvalue weighted by Gasteiger charge is -2.25. The molecule has 0 radical (unpaired) electrons. The van der Waals surface area contributed by atoms with Crippen LogP contribution < -0.4 is 20.9 Å². The van der Waals surface area contributed by atoms with Gasteiger partial charge in [0.25, 0.3) is 0 Å². The quantitative estimate of drug-likeness (QED) is 0.656. The van der Waals surface area contributed by atoms with Crippen molar-refractivity contribution in [2.24, 2.45) is 0 Å². The maximum absolute atomic E-state index is 12.4. The van der Waals surface area contributed by atoms with Gasteiger partial charge in [-0.1, -0.05) is 49.6 Å². The number of carbonyl (C=O) groups is 1. The van der Waals surface area contributed by atoms with E-state index >= 15 is 0 Å². The summed E-state index contributed by atoms with van der Waals surface area (Å²) in [4.78, 5) is 28.7. The summed E-state index contributed by atoms with van der Waals surface area (Å²) in [5.41, 5.74) is 1.16. The van der Waals surface area contributed by atoms with Crippen molar-refractivity contribution in [3.63, 3.8) is 0 Å². The average molecular weight is 424 g/mol. The second-order valence-corrected chi connectivity index (χ2v) is 8.36. The van der Waals surface area contributed by atoms with Crippen molar-refractivity contribution in [1.29, 1.82) is 0 Å². The molecule has 0 bridgehead atoms. The third kappa shape index (κ3) is 6.29. The van der Waals surface area contributed by atoms with Crippen LogP contribution in [0.5, 0.6) is 0 Å². The molecule has 1 unspecified atom stereocenters. The maximum Gasteiger partial charge on any atom is 0.242 e. The maximum atomic E-state index is 12.4. The molecule has 31 heavy (non-hydrogen) atoms. The van der Waals surface area contributed by atoms with Crippen molar-refractivity contribution in [2.75, 3.05) is 35.2 Å². The highest BCUT2D eigenvalue weighted by molar-refractivity contribution is 5.84. The van der Waals surface area contributed by atoms with E-state index in [1.54, 1.807) is 0 Å². The Kier molecular flexibility index (Phi) is 7.52. The first-order chi connectivity index (χ1) is 15.3. The molecular weight excluding hydrogens is 390 g/mol. The zero-order valence-corrected chi connectivity index (χ0v) is 18.1. The molecule has 2 saturated heterocycles. The summed E-state index contributed by atoms with van der Waals surface area (Å²) in [7, 11) is 0. The molecule has 1 aromatic heterocycles. The first kappa shape index (κ1) is 21.3. The van der Waals surface area contributed by atoms with Gasteiger partial charge in [-0.3, -0.25) is 4.79 Å². The van der Waals surface area contributed by atoms with Crippen LogP contribution in [0.1, 0.15) is 56.9 Å². The van der Waals surface area contributed by atoms with Gasteiger partial charge in [0.1, 0.15) is 6.04 Å². The Hall–Kier alpha value is -2.90. The Morgan fingerprint density at radius 3 is 2.45 bits per heavy atom. The second-order valence-electron chi connectivity index (χ2n) is 8.36. The third-order valence-electron chi connectivity index (χ3n) is 5.89. The molecule has 0 spiro atoms. The minimum absolute atomic E-state index is 0.0181. The van der Waals surface area contributed by atoms with Gasteiger partial charge < -0.3 is 20.9 Å². The molecule has 1 amide bonds. The summed E-state index contributed by atoms with van der Waals surface area (Å²) in [5.74, 6) is 1.70. The SMILES string of the molecule is O=C1NCCCCC1Nc1nc(NCc2ccccc2)nc(N2CCCCCCC2)n1. The fraction of sp³-hybridized carbons (Fsp3) is 0.565. The summed E-state index contributed by atoms with van der Waals surface area (Å²) < 4.78 is 0.